The number of benzene rings is 2. The highest BCUT2D eigenvalue weighted by Crippen LogP contribution is 2.34. The van der Waals surface area contributed by atoms with E-state index < -0.39 is 6.10 Å². The van der Waals surface area contributed by atoms with E-state index in [-0.39, 0.29) is 11.9 Å². The summed E-state index contributed by atoms with van der Waals surface area (Å²) in [6.45, 7) is 2.08. The number of carbonyl (C=O) groups excluding carboxylic acids is 1. The van der Waals surface area contributed by atoms with Crippen molar-refractivity contribution in [2.75, 3.05) is 13.1 Å². The summed E-state index contributed by atoms with van der Waals surface area (Å²) in [5, 5.41) is 18.0. The number of hydrogen-bond donors (Lipinski definition) is 3. The van der Waals surface area contributed by atoms with Gasteiger partial charge < -0.3 is 15.7 Å². The molecular formula is C22H23N3O2S. The van der Waals surface area contributed by atoms with Crippen LogP contribution in [0.15, 0.2) is 42.5 Å². The van der Waals surface area contributed by atoms with Crippen LogP contribution in [0.25, 0.3) is 10.2 Å². The first kappa shape index (κ1) is 17.8. The smallest absolute Gasteiger partial charge is 0.251 e. The molecule has 2 aromatic carbocycles. The predicted molar refractivity (Wildman–Crippen MR) is 111 cm³/mol. The second kappa shape index (κ2) is 7.28. The van der Waals surface area contributed by atoms with E-state index in [1.807, 2.05) is 42.5 Å². The Bertz CT molecular complexity index is 1030. The maximum Gasteiger partial charge on any atom is 0.251 e. The van der Waals surface area contributed by atoms with Gasteiger partial charge in [-0.25, -0.2) is 4.98 Å². The monoisotopic (exact) mass is 393 g/mol. The van der Waals surface area contributed by atoms with Crippen molar-refractivity contribution in [3.8, 4) is 0 Å². The molecule has 0 unspecified atom stereocenters. The fourth-order valence-electron chi connectivity index (χ4n) is 4.30. The van der Waals surface area contributed by atoms with Crippen LogP contribution in [0.2, 0.25) is 0 Å². The van der Waals surface area contributed by atoms with Crippen molar-refractivity contribution in [2.24, 2.45) is 0 Å². The highest BCUT2D eigenvalue weighted by Gasteiger charge is 2.32. The average Bonchev–Trinajstić information content (AvgIpc) is 3.29. The number of aromatic nitrogens is 1. The number of nitrogens with zero attached hydrogens (tertiary/aromatic N) is 1. The summed E-state index contributed by atoms with van der Waals surface area (Å²) in [6, 6.07) is 13.2. The fourth-order valence-corrected chi connectivity index (χ4v) is 5.48. The number of amides is 1. The van der Waals surface area contributed by atoms with Crippen LogP contribution in [0.4, 0.5) is 0 Å². The van der Waals surface area contributed by atoms with E-state index in [1.54, 1.807) is 11.3 Å². The van der Waals surface area contributed by atoms with Crippen molar-refractivity contribution in [1.82, 2.24) is 15.6 Å². The van der Waals surface area contributed by atoms with Gasteiger partial charge >= 0.3 is 0 Å². The van der Waals surface area contributed by atoms with Crippen LogP contribution in [0.3, 0.4) is 0 Å². The molecule has 2 heterocycles. The number of rotatable bonds is 3. The van der Waals surface area contributed by atoms with E-state index in [0.717, 1.165) is 47.3 Å². The summed E-state index contributed by atoms with van der Waals surface area (Å²) in [5.41, 5.74) is 3.69. The summed E-state index contributed by atoms with van der Waals surface area (Å²) in [7, 11) is 0. The molecule has 0 spiro atoms. The zero-order chi connectivity index (χ0) is 19.1. The van der Waals surface area contributed by atoms with Crippen LogP contribution in [0.5, 0.6) is 0 Å². The number of fused-ring (bicyclic) bond motifs is 2. The lowest BCUT2D eigenvalue weighted by molar-refractivity contribution is 0.0858. The van der Waals surface area contributed by atoms with Gasteiger partial charge in [-0.1, -0.05) is 24.3 Å². The van der Waals surface area contributed by atoms with E-state index in [0.29, 0.717) is 17.9 Å². The molecule has 0 radical (unpaired) electrons. The summed E-state index contributed by atoms with van der Waals surface area (Å²) in [6.07, 6.45) is 2.23. The molecule has 0 saturated carbocycles. The molecular weight excluding hydrogens is 370 g/mol. The van der Waals surface area contributed by atoms with Crippen LogP contribution < -0.4 is 10.6 Å². The molecule has 28 heavy (non-hydrogen) atoms. The largest absolute Gasteiger partial charge is 0.390 e. The van der Waals surface area contributed by atoms with Gasteiger partial charge in [0.1, 0.15) is 0 Å². The van der Waals surface area contributed by atoms with Crippen molar-refractivity contribution in [3.63, 3.8) is 0 Å². The Kier molecular flexibility index (Phi) is 4.62. The van der Waals surface area contributed by atoms with Gasteiger partial charge in [0.15, 0.2) is 0 Å². The molecule has 1 aromatic heterocycles. The number of aliphatic hydroxyl groups excluding tert-OH is 1. The molecule has 5 rings (SSSR count). The number of nitrogens with one attached hydrogen (secondary N) is 2. The highest BCUT2D eigenvalue weighted by molar-refractivity contribution is 7.18. The Balaban J connectivity index is 1.37. The molecule has 3 N–H and O–H groups in total. The van der Waals surface area contributed by atoms with Crippen LogP contribution in [-0.2, 0) is 6.42 Å². The Morgan fingerprint density at radius 3 is 2.86 bits per heavy atom. The molecule has 1 aliphatic heterocycles. The Morgan fingerprint density at radius 1 is 1.18 bits per heavy atom. The van der Waals surface area contributed by atoms with Crippen molar-refractivity contribution >= 4 is 27.5 Å². The highest BCUT2D eigenvalue weighted by atomic mass is 32.1. The molecule has 1 amide bonds. The first-order valence-electron chi connectivity index (χ1n) is 9.87. The number of piperidine rings is 1. The lowest BCUT2D eigenvalue weighted by atomic mass is 9.99. The van der Waals surface area contributed by atoms with E-state index in [4.69, 9.17) is 4.98 Å². The van der Waals surface area contributed by atoms with Crippen LogP contribution >= 0.6 is 11.3 Å². The second-order valence-corrected chi connectivity index (χ2v) is 8.74. The number of carbonyl (C=O) groups is 1. The van der Waals surface area contributed by atoms with Gasteiger partial charge in [0.25, 0.3) is 5.91 Å². The summed E-state index contributed by atoms with van der Waals surface area (Å²) < 4.78 is 1.05. The van der Waals surface area contributed by atoms with Gasteiger partial charge in [0, 0.05) is 17.9 Å². The number of hydrogen-bond acceptors (Lipinski definition) is 5. The maximum absolute atomic E-state index is 12.9. The van der Waals surface area contributed by atoms with Crippen LogP contribution in [0, 0.1) is 0 Å². The fraction of sp³-hybridized carbons (Fsp3) is 0.364. The minimum absolute atomic E-state index is 0.153. The molecule has 6 heteroatoms. The molecule has 144 valence electrons. The van der Waals surface area contributed by atoms with Gasteiger partial charge in [-0.15, -0.1) is 11.3 Å². The van der Waals surface area contributed by atoms with E-state index in [2.05, 4.69) is 10.6 Å². The average molecular weight is 394 g/mol. The normalized spacial score (nSPS) is 22.3. The zero-order valence-electron chi connectivity index (χ0n) is 15.5. The van der Waals surface area contributed by atoms with Gasteiger partial charge in [0.05, 0.1) is 27.4 Å². The predicted octanol–water partition coefficient (Wildman–Crippen LogP) is 3.15. The molecule has 1 fully saturated rings. The standard InChI is InChI=1S/C22H23N3O2S/c26-18-11-14-3-1-2-4-16(14)20(18)25-21(27)15-5-6-17-19(12-15)28-22(24-17)13-7-9-23-10-8-13/h1-6,12-13,18,20,23,26H,7-11H2,(H,25,27)/t18-,20+/m1/s1. The third-order valence-electron chi connectivity index (χ3n) is 5.85. The quantitative estimate of drug-likeness (QED) is 0.639. The molecule has 2 atom stereocenters. The summed E-state index contributed by atoms with van der Waals surface area (Å²) in [4.78, 5) is 17.7. The van der Waals surface area contributed by atoms with E-state index in [9.17, 15) is 9.90 Å². The topological polar surface area (TPSA) is 74.2 Å². The second-order valence-electron chi connectivity index (χ2n) is 7.68. The molecule has 2 aliphatic rings. The van der Waals surface area contributed by atoms with Crippen LogP contribution in [0.1, 0.15) is 51.3 Å². The van der Waals surface area contributed by atoms with Crippen molar-refractivity contribution in [1.29, 1.82) is 0 Å². The minimum atomic E-state index is -0.583. The summed E-state index contributed by atoms with van der Waals surface area (Å²) >= 11 is 1.70. The Hall–Kier alpha value is -2.28. The molecule has 3 aromatic rings. The van der Waals surface area contributed by atoms with Gasteiger partial charge in [-0.2, -0.15) is 0 Å². The lowest BCUT2D eigenvalue weighted by Crippen LogP contribution is -2.33. The van der Waals surface area contributed by atoms with Crippen molar-refractivity contribution in [3.05, 3.63) is 64.2 Å². The minimum Gasteiger partial charge on any atom is -0.390 e. The van der Waals surface area contributed by atoms with Crippen molar-refractivity contribution < 1.29 is 9.90 Å². The third kappa shape index (κ3) is 3.21. The summed E-state index contributed by atoms with van der Waals surface area (Å²) in [5.74, 6) is 0.362. The maximum atomic E-state index is 12.9. The van der Waals surface area contributed by atoms with E-state index in [1.165, 1.54) is 5.01 Å². The first-order valence-corrected chi connectivity index (χ1v) is 10.7. The number of thiazole rings is 1. The van der Waals surface area contributed by atoms with Gasteiger partial charge in [0.2, 0.25) is 0 Å². The molecule has 1 aliphatic carbocycles. The third-order valence-corrected chi connectivity index (χ3v) is 7.03. The molecule has 1 saturated heterocycles. The Labute approximate surface area is 167 Å². The van der Waals surface area contributed by atoms with Gasteiger partial charge in [-0.3, -0.25) is 4.79 Å². The van der Waals surface area contributed by atoms with Crippen LogP contribution in [-0.4, -0.2) is 35.2 Å². The zero-order valence-corrected chi connectivity index (χ0v) is 16.3. The molecule has 0 bridgehead atoms. The molecule has 5 nitrogen and oxygen atoms in total. The van der Waals surface area contributed by atoms with Crippen molar-refractivity contribution in [2.45, 2.75) is 37.3 Å². The SMILES string of the molecule is O=C(N[C@H]1c2ccccc2C[C@H]1O)c1ccc2nc(C3CCNCC3)sc2c1. The Morgan fingerprint density at radius 2 is 2.00 bits per heavy atom. The first-order chi connectivity index (χ1) is 13.7. The lowest BCUT2D eigenvalue weighted by Gasteiger charge is -2.20. The van der Waals surface area contributed by atoms with Gasteiger partial charge in [-0.05, 0) is 55.3 Å². The number of aliphatic hydroxyl groups is 1. The van der Waals surface area contributed by atoms with E-state index >= 15 is 0 Å².